The molecule has 5 rings (SSSR count). The minimum Gasteiger partial charge on any atom is -0.481 e. The molecule has 4 aliphatic carbocycles. The molecule has 0 aliphatic heterocycles. The van der Waals surface area contributed by atoms with E-state index in [0.29, 0.717) is 18.3 Å². The number of carbonyl (C=O) groups is 1. The van der Waals surface area contributed by atoms with Crippen molar-refractivity contribution in [3.63, 3.8) is 0 Å². The first-order chi connectivity index (χ1) is 9.09. The van der Waals surface area contributed by atoms with E-state index < -0.39 is 5.97 Å². The molecular weight excluding hydrogens is 244 g/mol. The lowest BCUT2D eigenvalue weighted by Crippen LogP contribution is -2.57. The van der Waals surface area contributed by atoms with Gasteiger partial charge in [-0.05, 0) is 61.0 Å². The monoisotopic (exact) mass is 262 g/mol. The number of tetrazole rings is 1. The first kappa shape index (κ1) is 11.4. The molecule has 1 aromatic heterocycles. The minimum absolute atomic E-state index is 0.0243. The van der Waals surface area contributed by atoms with E-state index in [1.54, 1.807) is 4.80 Å². The predicted octanol–water partition coefficient (Wildman–Crippen LogP) is 1.44. The van der Waals surface area contributed by atoms with Crippen LogP contribution in [0.4, 0.5) is 0 Å². The predicted molar refractivity (Wildman–Crippen MR) is 65.2 cm³/mol. The number of nitrogens with zero attached hydrogens (tertiary/aromatic N) is 4. The number of aliphatic carboxylic acids is 1. The molecule has 102 valence electrons. The lowest BCUT2D eigenvalue weighted by Gasteiger charge is -2.61. The Bertz CT molecular complexity index is 499. The van der Waals surface area contributed by atoms with Gasteiger partial charge in [-0.25, -0.2) is 0 Å². The SMILES string of the molecule is O=C(O)CC12C[C@@H]3C[C@@H](C1)CC(n1ncnn1)(C3)C2. The third-order valence-electron chi connectivity index (χ3n) is 5.45. The Balaban J connectivity index is 1.74. The summed E-state index contributed by atoms with van der Waals surface area (Å²) in [7, 11) is 0. The van der Waals surface area contributed by atoms with Crippen molar-refractivity contribution in [2.75, 3.05) is 0 Å². The number of hydrogen-bond acceptors (Lipinski definition) is 4. The molecule has 19 heavy (non-hydrogen) atoms. The second-order valence-electron chi connectivity index (χ2n) is 6.98. The number of carboxylic acids is 1. The molecular formula is C13H18N4O2. The Labute approximate surface area is 111 Å². The van der Waals surface area contributed by atoms with E-state index in [4.69, 9.17) is 0 Å². The smallest absolute Gasteiger partial charge is 0.303 e. The first-order valence-corrected chi connectivity index (χ1v) is 7.05. The van der Waals surface area contributed by atoms with Gasteiger partial charge in [0, 0.05) is 0 Å². The fourth-order valence-electron chi connectivity index (χ4n) is 5.55. The summed E-state index contributed by atoms with van der Waals surface area (Å²) in [4.78, 5) is 13.0. The standard InChI is InChI=1S/C13H18N4O2/c18-11(19)6-12-2-9-1-10(3-12)5-13(4-9,7-12)17-15-8-14-16-17/h8-10H,1-7H2,(H,18,19)/t9-,10-,12?,13?/m0/s1. The zero-order valence-electron chi connectivity index (χ0n) is 10.8. The van der Waals surface area contributed by atoms with Crippen LogP contribution >= 0.6 is 0 Å². The molecule has 0 radical (unpaired) electrons. The van der Waals surface area contributed by atoms with E-state index >= 15 is 0 Å². The maximum atomic E-state index is 11.2. The number of carboxylic acid groups (broad SMARTS) is 1. The van der Waals surface area contributed by atoms with E-state index in [9.17, 15) is 9.90 Å². The van der Waals surface area contributed by atoms with Gasteiger partial charge < -0.3 is 5.11 Å². The molecule has 0 spiro atoms. The minimum atomic E-state index is -0.663. The van der Waals surface area contributed by atoms with Gasteiger partial charge in [-0.2, -0.15) is 4.80 Å². The van der Waals surface area contributed by atoms with Crippen LogP contribution in [0.15, 0.2) is 6.33 Å². The van der Waals surface area contributed by atoms with Crippen LogP contribution in [0.2, 0.25) is 0 Å². The molecule has 1 heterocycles. The van der Waals surface area contributed by atoms with Crippen LogP contribution in [0, 0.1) is 17.3 Å². The van der Waals surface area contributed by atoms with Crippen molar-refractivity contribution in [2.45, 2.75) is 50.5 Å². The number of aromatic nitrogens is 4. The van der Waals surface area contributed by atoms with Crippen molar-refractivity contribution in [1.82, 2.24) is 20.2 Å². The molecule has 4 fully saturated rings. The second kappa shape index (κ2) is 3.55. The molecule has 6 heteroatoms. The summed E-state index contributed by atoms with van der Waals surface area (Å²) in [6.07, 6.45) is 8.31. The lowest BCUT2D eigenvalue weighted by atomic mass is 9.46. The third kappa shape index (κ3) is 1.61. The highest BCUT2D eigenvalue weighted by Crippen LogP contribution is 2.64. The van der Waals surface area contributed by atoms with Crippen molar-refractivity contribution < 1.29 is 9.90 Å². The van der Waals surface area contributed by atoms with E-state index in [1.165, 1.54) is 12.7 Å². The van der Waals surface area contributed by atoms with Gasteiger partial charge in [-0.3, -0.25) is 4.79 Å². The average Bonchev–Trinajstić information content (AvgIpc) is 2.78. The molecule has 0 amide bonds. The van der Waals surface area contributed by atoms with Crippen LogP contribution in [0.1, 0.15) is 44.9 Å². The Hall–Kier alpha value is -1.46. The fourth-order valence-corrected chi connectivity index (χ4v) is 5.55. The maximum absolute atomic E-state index is 11.2. The van der Waals surface area contributed by atoms with Crippen LogP contribution in [-0.4, -0.2) is 31.3 Å². The van der Waals surface area contributed by atoms with E-state index in [0.717, 1.165) is 32.1 Å². The molecule has 4 bridgehead atoms. The topological polar surface area (TPSA) is 80.9 Å². The van der Waals surface area contributed by atoms with Gasteiger partial charge in [0.2, 0.25) is 0 Å². The summed E-state index contributed by atoms with van der Waals surface area (Å²) in [6, 6.07) is 0. The van der Waals surface area contributed by atoms with Gasteiger partial charge in [0.1, 0.15) is 0 Å². The van der Waals surface area contributed by atoms with Crippen LogP contribution < -0.4 is 0 Å². The molecule has 0 saturated heterocycles. The van der Waals surface area contributed by atoms with Crippen LogP contribution in [0.25, 0.3) is 0 Å². The Morgan fingerprint density at radius 1 is 1.32 bits per heavy atom. The number of rotatable bonds is 3. The third-order valence-corrected chi connectivity index (χ3v) is 5.45. The molecule has 1 N–H and O–H groups in total. The first-order valence-electron chi connectivity index (χ1n) is 7.05. The largest absolute Gasteiger partial charge is 0.481 e. The van der Waals surface area contributed by atoms with Crippen LogP contribution in [-0.2, 0) is 10.3 Å². The maximum Gasteiger partial charge on any atom is 0.303 e. The van der Waals surface area contributed by atoms with Crippen LogP contribution in [0.5, 0.6) is 0 Å². The summed E-state index contributed by atoms with van der Waals surface area (Å²) in [6.45, 7) is 0. The molecule has 2 atom stereocenters. The highest BCUT2D eigenvalue weighted by Gasteiger charge is 2.59. The van der Waals surface area contributed by atoms with Gasteiger partial charge in [0.05, 0.1) is 12.0 Å². The Morgan fingerprint density at radius 2 is 2.05 bits per heavy atom. The molecule has 6 nitrogen and oxygen atoms in total. The average molecular weight is 262 g/mol. The van der Waals surface area contributed by atoms with Crippen molar-refractivity contribution in [1.29, 1.82) is 0 Å². The van der Waals surface area contributed by atoms with E-state index in [2.05, 4.69) is 15.4 Å². The van der Waals surface area contributed by atoms with Crippen molar-refractivity contribution in [3.8, 4) is 0 Å². The summed E-state index contributed by atoms with van der Waals surface area (Å²) >= 11 is 0. The normalized spacial score (nSPS) is 43.6. The summed E-state index contributed by atoms with van der Waals surface area (Å²) in [5.74, 6) is 0.627. The van der Waals surface area contributed by atoms with Crippen LogP contribution in [0.3, 0.4) is 0 Å². The zero-order valence-corrected chi connectivity index (χ0v) is 10.8. The highest BCUT2D eigenvalue weighted by molar-refractivity contribution is 5.67. The highest BCUT2D eigenvalue weighted by atomic mass is 16.4. The summed E-state index contributed by atoms with van der Waals surface area (Å²) < 4.78 is 0. The second-order valence-corrected chi connectivity index (χ2v) is 6.98. The van der Waals surface area contributed by atoms with Crippen molar-refractivity contribution in [3.05, 3.63) is 6.33 Å². The van der Waals surface area contributed by atoms with Gasteiger partial charge >= 0.3 is 5.97 Å². The van der Waals surface area contributed by atoms with E-state index in [-0.39, 0.29) is 11.0 Å². The van der Waals surface area contributed by atoms with Gasteiger partial charge in [-0.15, -0.1) is 10.2 Å². The van der Waals surface area contributed by atoms with Crippen molar-refractivity contribution in [2.24, 2.45) is 17.3 Å². The molecule has 0 aromatic carbocycles. The Morgan fingerprint density at radius 3 is 2.63 bits per heavy atom. The Kier molecular flexibility index (Phi) is 2.13. The van der Waals surface area contributed by atoms with Gasteiger partial charge in [0.25, 0.3) is 0 Å². The molecule has 1 aromatic rings. The van der Waals surface area contributed by atoms with Gasteiger partial charge in [0.15, 0.2) is 6.33 Å². The fraction of sp³-hybridized carbons (Fsp3) is 0.846. The molecule has 4 saturated carbocycles. The van der Waals surface area contributed by atoms with Crippen molar-refractivity contribution >= 4 is 5.97 Å². The summed E-state index contributed by atoms with van der Waals surface area (Å²) in [5.41, 5.74) is -0.0838. The molecule has 4 aliphatic rings. The quantitative estimate of drug-likeness (QED) is 0.891. The van der Waals surface area contributed by atoms with E-state index in [1.807, 2.05) is 0 Å². The zero-order chi connectivity index (χ0) is 13.1. The summed E-state index contributed by atoms with van der Waals surface area (Å²) in [5, 5.41) is 21.5. The van der Waals surface area contributed by atoms with Gasteiger partial charge in [-0.1, -0.05) is 0 Å². The molecule has 0 unspecified atom stereocenters. The lowest BCUT2D eigenvalue weighted by molar-refractivity contribution is -0.152. The number of hydrogen-bond donors (Lipinski definition) is 1.